The van der Waals surface area contributed by atoms with Crippen molar-refractivity contribution in [1.82, 2.24) is 14.3 Å². The standard InChI is InChI=1S/C18H16BrN3O6S/c1-22(15(17(24)28-2)10-4-3-5-11(19)8-10)29(26,27)12-6-7-14-13(9-12)16(23)21-18(25)20-14/h3-9,15H,1-2H3,(H2,20,21,23,25). The molecule has 0 bridgehead atoms. The van der Waals surface area contributed by atoms with Crippen molar-refractivity contribution in [3.05, 3.63) is 73.3 Å². The Bertz CT molecular complexity index is 1310. The second kappa shape index (κ2) is 7.93. The van der Waals surface area contributed by atoms with Gasteiger partial charge in [0.25, 0.3) is 5.56 Å². The van der Waals surface area contributed by atoms with E-state index in [1.807, 2.05) is 4.98 Å². The Hall–Kier alpha value is -2.76. The number of likely N-dealkylation sites (N-methyl/N-ethyl adjacent to an activating group) is 1. The minimum absolute atomic E-state index is 0.00357. The van der Waals surface area contributed by atoms with Crippen molar-refractivity contribution in [3.8, 4) is 0 Å². The van der Waals surface area contributed by atoms with Gasteiger partial charge in [-0.1, -0.05) is 28.1 Å². The molecule has 1 heterocycles. The van der Waals surface area contributed by atoms with Crippen LogP contribution < -0.4 is 11.2 Å². The molecule has 0 aliphatic carbocycles. The summed E-state index contributed by atoms with van der Waals surface area (Å²) in [7, 11) is -1.78. The van der Waals surface area contributed by atoms with Gasteiger partial charge in [0.15, 0.2) is 0 Å². The number of benzene rings is 2. The molecule has 2 N–H and O–H groups in total. The number of hydrogen-bond donors (Lipinski definition) is 2. The highest BCUT2D eigenvalue weighted by Gasteiger charge is 2.35. The molecule has 1 atom stereocenters. The number of halogens is 1. The third-order valence-electron chi connectivity index (χ3n) is 4.34. The molecule has 29 heavy (non-hydrogen) atoms. The normalized spacial score (nSPS) is 12.8. The first-order valence-corrected chi connectivity index (χ1v) is 10.5. The highest BCUT2D eigenvalue weighted by Crippen LogP contribution is 2.29. The zero-order valence-corrected chi connectivity index (χ0v) is 17.7. The van der Waals surface area contributed by atoms with Gasteiger partial charge in [-0.25, -0.2) is 18.0 Å². The molecule has 0 aliphatic heterocycles. The van der Waals surface area contributed by atoms with Crippen molar-refractivity contribution >= 4 is 42.8 Å². The van der Waals surface area contributed by atoms with Crippen molar-refractivity contribution in [3.63, 3.8) is 0 Å². The first kappa shape index (κ1) is 21.0. The number of nitrogens with one attached hydrogen (secondary N) is 2. The third kappa shape index (κ3) is 4.02. The number of ether oxygens (including phenoxy) is 1. The van der Waals surface area contributed by atoms with Crippen molar-refractivity contribution < 1.29 is 17.9 Å². The van der Waals surface area contributed by atoms with Gasteiger partial charge in [-0.3, -0.25) is 9.78 Å². The monoisotopic (exact) mass is 481 g/mol. The largest absolute Gasteiger partial charge is 0.468 e. The first-order chi connectivity index (χ1) is 13.6. The summed E-state index contributed by atoms with van der Waals surface area (Å²) in [5.74, 6) is -0.767. The number of carbonyl (C=O) groups excluding carboxylic acids is 1. The van der Waals surface area contributed by atoms with Gasteiger partial charge in [0, 0.05) is 11.5 Å². The predicted molar refractivity (Wildman–Crippen MR) is 109 cm³/mol. The molecule has 0 saturated carbocycles. The maximum absolute atomic E-state index is 13.2. The summed E-state index contributed by atoms with van der Waals surface area (Å²) >= 11 is 3.30. The fourth-order valence-electron chi connectivity index (χ4n) is 2.89. The highest BCUT2D eigenvalue weighted by atomic mass is 79.9. The molecule has 1 aromatic heterocycles. The van der Waals surface area contributed by atoms with E-state index >= 15 is 0 Å². The van der Waals surface area contributed by atoms with Gasteiger partial charge in [-0.15, -0.1) is 0 Å². The van der Waals surface area contributed by atoms with Crippen LogP contribution in [0.3, 0.4) is 0 Å². The number of esters is 1. The minimum atomic E-state index is -4.20. The second-order valence-corrected chi connectivity index (χ2v) is 9.03. The molecule has 0 fully saturated rings. The number of carbonyl (C=O) groups is 1. The van der Waals surface area contributed by atoms with Crippen LogP contribution in [0.2, 0.25) is 0 Å². The molecule has 2 aromatic carbocycles. The lowest BCUT2D eigenvalue weighted by Crippen LogP contribution is -2.36. The van der Waals surface area contributed by atoms with E-state index in [1.54, 1.807) is 24.3 Å². The van der Waals surface area contributed by atoms with E-state index in [2.05, 4.69) is 20.9 Å². The zero-order chi connectivity index (χ0) is 21.3. The Balaban J connectivity index is 2.13. The summed E-state index contributed by atoms with van der Waals surface area (Å²) in [6.07, 6.45) is 0. The van der Waals surface area contributed by atoms with E-state index in [0.717, 1.165) is 10.4 Å². The van der Waals surface area contributed by atoms with E-state index in [-0.39, 0.29) is 15.8 Å². The molecular weight excluding hydrogens is 466 g/mol. The second-order valence-electron chi connectivity index (χ2n) is 6.12. The van der Waals surface area contributed by atoms with E-state index in [1.165, 1.54) is 26.3 Å². The highest BCUT2D eigenvalue weighted by molar-refractivity contribution is 9.10. The zero-order valence-electron chi connectivity index (χ0n) is 15.3. The Kier molecular flexibility index (Phi) is 5.73. The molecular formula is C18H16BrN3O6S. The number of sulfonamides is 1. The van der Waals surface area contributed by atoms with Crippen molar-refractivity contribution in [2.45, 2.75) is 10.9 Å². The van der Waals surface area contributed by atoms with Crippen LogP contribution in [0.1, 0.15) is 11.6 Å². The Morgan fingerprint density at radius 2 is 1.86 bits per heavy atom. The number of fused-ring (bicyclic) bond motifs is 1. The summed E-state index contributed by atoms with van der Waals surface area (Å²) in [5, 5.41) is -0.00357. The van der Waals surface area contributed by atoms with Crippen molar-refractivity contribution in [2.75, 3.05) is 14.2 Å². The first-order valence-electron chi connectivity index (χ1n) is 8.23. The summed E-state index contributed by atoms with van der Waals surface area (Å²) in [6, 6.07) is 9.09. The van der Waals surface area contributed by atoms with E-state index < -0.39 is 33.3 Å². The third-order valence-corrected chi connectivity index (χ3v) is 6.65. The number of methoxy groups -OCH3 is 1. The van der Waals surface area contributed by atoms with Crippen LogP contribution in [0.15, 0.2) is 61.4 Å². The number of nitrogens with zero attached hydrogens (tertiary/aromatic N) is 1. The molecule has 0 saturated heterocycles. The molecule has 0 radical (unpaired) electrons. The van der Waals surface area contributed by atoms with Gasteiger partial charge in [0.05, 0.1) is 22.9 Å². The van der Waals surface area contributed by atoms with Gasteiger partial charge in [-0.05, 0) is 35.9 Å². The fraction of sp³-hybridized carbons (Fsp3) is 0.167. The van der Waals surface area contributed by atoms with Crippen LogP contribution >= 0.6 is 15.9 Å². The van der Waals surface area contributed by atoms with Gasteiger partial charge in [0.2, 0.25) is 10.0 Å². The maximum atomic E-state index is 13.2. The molecule has 3 rings (SSSR count). The molecule has 0 amide bonds. The van der Waals surface area contributed by atoms with E-state index in [0.29, 0.717) is 10.0 Å². The van der Waals surface area contributed by atoms with Crippen molar-refractivity contribution in [2.24, 2.45) is 0 Å². The number of aromatic amines is 2. The quantitative estimate of drug-likeness (QED) is 0.531. The summed E-state index contributed by atoms with van der Waals surface area (Å²) in [5.41, 5.74) is -0.826. The van der Waals surface area contributed by atoms with Gasteiger partial charge in [-0.2, -0.15) is 4.31 Å². The molecule has 9 nitrogen and oxygen atoms in total. The minimum Gasteiger partial charge on any atom is -0.468 e. The molecule has 1 unspecified atom stereocenters. The average molecular weight is 482 g/mol. The molecule has 0 aliphatic rings. The summed E-state index contributed by atoms with van der Waals surface area (Å²) in [6.45, 7) is 0. The van der Waals surface area contributed by atoms with Gasteiger partial charge in [0.1, 0.15) is 6.04 Å². The number of aromatic nitrogens is 2. The van der Waals surface area contributed by atoms with Gasteiger partial charge >= 0.3 is 11.7 Å². The van der Waals surface area contributed by atoms with Crippen LogP contribution in [0.5, 0.6) is 0 Å². The lowest BCUT2D eigenvalue weighted by atomic mass is 10.1. The summed E-state index contributed by atoms with van der Waals surface area (Å²) in [4.78, 5) is 40.1. The number of rotatable bonds is 5. The number of hydrogen-bond acceptors (Lipinski definition) is 6. The van der Waals surface area contributed by atoms with E-state index in [4.69, 9.17) is 4.74 Å². The molecule has 152 valence electrons. The Morgan fingerprint density at radius 3 is 2.52 bits per heavy atom. The maximum Gasteiger partial charge on any atom is 0.328 e. The van der Waals surface area contributed by atoms with Crippen LogP contribution in [0.4, 0.5) is 0 Å². The van der Waals surface area contributed by atoms with Crippen molar-refractivity contribution in [1.29, 1.82) is 0 Å². The molecule has 3 aromatic rings. The number of H-pyrrole nitrogens is 2. The lowest BCUT2D eigenvalue weighted by molar-refractivity contribution is -0.145. The Morgan fingerprint density at radius 1 is 1.14 bits per heavy atom. The Labute approximate surface area is 173 Å². The topological polar surface area (TPSA) is 129 Å². The van der Waals surface area contributed by atoms with Crippen LogP contribution in [-0.2, 0) is 19.6 Å². The average Bonchev–Trinajstić information content (AvgIpc) is 2.67. The van der Waals surface area contributed by atoms with E-state index in [9.17, 15) is 22.8 Å². The molecule has 11 heteroatoms. The summed E-state index contributed by atoms with van der Waals surface area (Å²) < 4.78 is 32.7. The van der Waals surface area contributed by atoms with Gasteiger partial charge < -0.3 is 9.72 Å². The van der Waals surface area contributed by atoms with Crippen LogP contribution in [-0.4, -0.2) is 42.8 Å². The predicted octanol–water partition coefficient (Wildman–Crippen LogP) is 1.51. The van der Waals surface area contributed by atoms with Crippen LogP contribution in [0.25, 0.3) is 10.9 Å². The fourth-order valence-corrected chi connectivity index (χ4v) is 4.63. The lowest BCUT2D eigenvalue weighted by Gasteiger charge is -2.26. The smallest absolute Gasteiger partial charge is 0.328 e. The van der Waals surface area contributed by atoms with Crippen LogP contribution in [0, 0.1) is 0 Å². The SMILES string of the molecule is COC(=O)C(c1cccc(Br)c1)N(C)S(=O)(=O)c1ccc2[nH]c(=O)[nH]c(=O)c2c1. The molecule has 0 spiro atoms.